The third kappa shape index (κ3) is 4.16. The maximum absolute atomic E-state index is 12.2. The summed E-state index contributed by atoms with van der Waals surface area (Å²) in [4.78, 5) is 12.0. The van der Waals surface area contributed by atoms with E-state index in [2.05, 4.69) is 5.32 Å². The van der Waals surface area contributed by atoms with Gasteiger partial charge in [-0.2, -0.15) is 0 Å². The topological polar surface area (TPSA) is 104 Å². The third-order valence-electron chi connectivity index (χ3n) is 3.25. The van der Waals surface area contributed by atoms with Crippen LogP contribution in [0.2, 0.25) is 5.02 Å². The zero-order valence-electron chi connectivity index (χ0n) is 11.8. The number of carbonyl (C=O) groups excluding carboxylic acids is 1. The van der Waals surface area contributed by atoms with E-state index >= 15 is 0 Å². The van der Waals surface area contributed by atoms with Gasteiger partial charge in [-0.1, -0.05) is 18.5 Å². The standard InChI is InChI=1S/C13H18ClNO5S/c1-3-13(7-16,8-17)15-12(18)9-4-5-10(14)11(6-9)21(2,19)20/h4-6,16-17H,3,7-8H2,1-2H3,(H,15,18). The molecule has 0 aliphatic carbocycles. The molecule has 0 saturated carbocycles. The van der Waals surface area contributed by atoms with Crippen molar-refractivity contribution in [2.75, 3.05) is 19.5 Å². The number of aliphatic hydroxyl groups is 2. The minimum absolute atomic E-state index is 0.0279. The van der Waals surface area contributed by atoms with Gasteiger partial charge >= 0.3 is 0 Å². The van der Waals surface area contributed by atoms with Gasteiger partial charge in [0.2, 0.25) is 0 Å². The van der Waals surface area contributed by atoms with Crippen LogP contribution in [0.3, 0.4) is 0 Å². The smallest absolute Gasteiger partial charge is 0.251 e. The first-order valence-electron chi connectivity index (χ1n) is 6.23. The molecule has 0 unspecified atom stereocenters. The average molecular weight is 336 g/mol. The molecule has 1 amide bonds. The number of amides is 1. The lowest BCUT2D eigenvalue weighted by atomic mass is 9.98. The molecule has 0 fully saturated rings. The minimum Gasteiger partial charge on any atom is -0.394 e. The largest absolute Gasteiger partial charge is 0.394 e. The fourth-order valence-electron chi connectivity index (χ4n) is 1.68. The maximum atomic E-state index is 12.2. The Labute approximate surface area is 128 Å². The number of hydrogen-bond donors (Lipinski definition) is 3. The number of halogens is 1. The molecular weight excluding hydrogens is 318 g/mol. The van der Waals surface area contributed by atoms with Crippen LogP contribution in [0.15, 0.2) is 23.1 Å². The van der Waals surface area contributed by atoms with Gasteiger partial charge in [-0.25, -0.2) is 8.42 Å². The van der Waals surface area contributed by atoms with E-state index in [1.807, 2.05) is 0 Å². The van der Waals surface area contributed by atoms with Gasteiger partial charge in [0.15, 0.2) is 9.84 Å². The van der Waals surface area contributed by atoms with E-state index in [9.17, 15) is 23.4 Å². The molecule has 0 aliphatic rings. The molecule has 21 heavy (non-hydrogen) atoms. The van der Waals surface area contributed by atoms with Crippen molar-refractivity contribution in [2.24, 2.45) is 0 Å². The van der Waals surface area contributed by atoms with Gasteiger partial charge in [0.25, 0.3) is 5.91 Å². The second-order valence-corrected chi connectivity index (χ2v) is 7.21. The lowest BCUT2D eigenvalue weighted by Crippen LogP contribution is -2.53. The van der Waals surface area contributed by atoms with Crippen LogP contribution in [0.25, 0.3) is 0 Å². The van der Waals surface area contributed by atoms with Crippen LogP contribution >= 0.6 is 11.6 Å². The van der Waals surface area contributed by atoms with Gasteiger partial charge in [-0.05, 0) is 24.6 Å². The van der Waals surface area contributed by atoms with Crippen molar-refractivity contribution in [3.8, 4) is 0 Å². The van der Waals surface area contributed by atoms with E-state index in [0.717, 1.165) is 6.26 Å². The van der Waals surface area contributed by atoms with Crippen LogP contribution in [0.4, 0.5) is 0 Å². The Hall–Kier alpha value is -1.15. The summed E-state index contributed by atoms with van der Waals surface area (Å²) in [5.41, 5.74) is -1.07. The molecule has 1 aromatic rings. The first-order chi connectivity index (χ1) is 9.69. The van der Waals surface area contributed by atoms with Crippen LogP contribution in [0, 0.1) is 0 Å². The summed E-state index contributed by atoms with van der Waals surface area (Å²) in [7, 11) is -3.56. The first kappa shape index (κ1) is 17.9. The van der Waals surface area contributed by atoms with Gasteiger partial charge in [-0.15, -0.1) is 0 Å². The lowest BCUT2D eigenvalue weighted by Gasteiger charge is -2.29. The molecule has 1 rings (SSSR count). The zero-order valence-corrected chi connectivity index (χ0v) is 13.3. The SMILES string of the molecule is CCC(CO)(CO)NC(=O)c1ccc(Cl)c(S(C)(=O)=O)c1. The van der Waals surface area contributed by atoms with Gasteiger partial charge in [-0.3, -0.25) is 4.79 Å². The van der Waals surface area contributed by atoms with Crippen molar-refractivity contribution in [1.29, 1.82) is 0 Å². The number of sulfone groups is 1. The molecule has 0 atom stereocenters. The van der Waals surface area contributed by atoms with E-state index in [0.29, 0.717) is 6.42 Å². The Morgan fingerprint density at radius 1 is 1.33 bits per heavy atom. The summed E-state index contributed by atoms with van der Waals surface area (Å²) in [6.07, 6.45) is 1.31. The Bertz CT molecular complexity index is 617. The average Bonchev–Trinajstić information content (AvgIpc) is 2.44. The van der Waals surface area contributed by atoms with Crippen LogP contribution in [0.5, 0.6) is 0 Å². The van der Waals surface area contributed by atoms with E-state index in [4.69, 9.17) is 11.6 Å². The number of carbonyl (C=O) groups is 1. The second kappa shape index (κ2) is 6.74. The number of benzene rings is 1. The summed E-state index contributed by atoms with van der Waals surface area (Å²) >= 11 is 5.81. The highest BCUT2D eigenvalue weighted by Crippen LogP contribution is 2.23. The Morgan fingerprint density at radius 3 is 2.33 bits per heavy atom. The minimum atomic E-state index is -3.56. The van der Waals surface area contributed by atoms with E-state index < -0.39 is 34.5 Å². The molecule has 6 nitrogen and oxygen atoms in total. The molecule has 0 bridgehead atoms. The summed E-state index contributed by atoms with van der Waals surface area (Å²) < 4.78 is 23.2. The molecule has 8 heteroatoms. The maximum Gasteiger partial charge on any atom is 0.251 e. The summed E-state index contributed by atoms with van der Waals surface area (Å²) in [6.45, 7) is 0.840. The van der Waals surface area contributed by atoms with Gasteiger partial charge in [0.05, 0.1) is 28.7 Å². The number of hydrogen-bond acceptors (Lipinski definition) is 5. The normalized spacial score (nSPS) is 12.2. The molecule has 0 aromatic heterocycles. The van der Waals surface area contributed by atoms with E-state index in [1.54, 1.807) is 6.92 Å². The molecular formula is C13H18ClNO5S. The van der Waals surface area contributed by atoms with Gasteiger partial charge < -0.3 is 15.5 Å². The Balaban J connectivity index is 3.15. The molecule has 1 aromatic carbocycles. The Kier molecular flexibility index (Phi) is 5.75. The molecule has 0 saturated heterocycles. The molecule has 0 spiro atoms. The number of aliphatic hydroxyl groups excluding tert-OH is 2. The van der Waals surface area contributed by atoms with Gasteiger partial charge in [0, 0.05) is 11.8 Å². The van der Waals surface area contributed by atoms with Crippen molar-refractivity contribution < 1.29 is 23.4 Å². The van der Waals surface area contributed by atoms with Crippen LogP contribution in [-0.4, -0.2) is 49.5 Å². The third-order valence-corrected chi connectivity index (χ3v) is 4.83. The molecule has 3 N–H and O–H groups in total. The zero-order chi connectivity index (χ0) is 16.3. The fourth-order valence-corrected chi connectivity index (χ4v) is 2.98. The predicted octanol–water partition coefficient (Wildman–Crippen LogP) is 0.607. The molecule has 0 aliphatic heterocycles. The highest BCUT2D eigenvalue weighted by molar-refractivity contribution is 7.90. The summed E-state index contributed by atoms with van der Waals surface area (Å²) in [5, 5.41) is 21.2. The number of rotatable bonds is 6. The summed E-state index contributed by atoms with van der Waals surface area (Å²) in [5.74, 6) is -0.596. The molecule has 118 valence electrons. The highest BCUT2D eigenvalue weighted by atomic mass is 35.5. The quantitative estimate of drug-likeness (QED) is 0.706. The van der Waals surface area contributed by atoms with Crippen LogP contribution < -0.4 is 5.32 Å². The van der Waals surface area contributed by atoms with Crippen LogP contribution in [0.1, 0.15) is 23.7 Å². The van der Waals surface area contributed by atoms with Crippen molar-refractivity contribution in [3.63, 3.8) is 0 Å². The highest BCUT2D eigenvalue weighted by Gasteiger charge is 2.29. The second-order valence-electron chi connectivity index (χ2n) is 4.82. The lowest BCUT2D eigenvalue weighted by molar-refractivity contribution is 0.0653. The van der Waals surface area contributed by atoms with E-state index in [-0.39, 0.29) is 15.5 Å². The van der Waals surface area contributed by atoms with Crippen molar-refractivity contribution in [1.82, 2.24) is 5.32 Å². The first-order valence-corrected chi connectivity index (χ1v) is 8.50. The summed E-state index contributed by atoms with van der Waals surface area (Å²) in [6, 6.07) is 3.86. The van der Waals surface area contributed by atoms with Crippen molar-refractivity contribution in [2.45, 2.75) is 23.8 Å². The predicted molar refractivity (Wildman–Crippen MR) is 79.2 cm³/mol. The molecule has 0 radical (unpaired) electrons. The van der Waals surface area contributed by atoms with E-state index in [1.165, 1.54) is 18.2 Å². The number of nitrogens with one attached hydrogen (secondary N) is 1. The van der Waals surface area contributed by atoms with Crippen molar-refractivity contribution in [3.05, 3.63) is 28.8 Å². The monoisotopic (exact) mass is 335 g/mol. The van der Waals surface area contributed by atoms with Gasteiger partial charge in [0.1, 0.15) is 0 Å². The molecule has 0 heterocycles. The Morgan fingerprint density at radius 2 is 1.90 bits per heavy atom. The fraction of sp³-hybridized carbons (Fsp3) is 0.462. The van der Waals surface area contributed by atoms with Crippen molar-refractivity contribution >= 4 is 27.3 Å². The van der Waals surface area contributed by atoms with Crippen LogP contribution in [-0.2, 0) is 9.84 Å².